The Morgan fingerprint density at radius 3 is 2.39 bits per heavy atom. The van der Waals surface area contributed by atoms with Crippen LogP contribution in [0.3, 0.4) is 0 Å². The van der Waals surface area contributed by atoms with Gasteiger partial charge in [-0.3, -0.25) is 13.9 Å². The van der Waals surface area contributed by atoms with Crippen molar-refractivity contribution in [3.8, 4) is 0 Å². The molecule has 0 saturated carbocycles. The number of halogens is 1. The van der Waals surface area contributed by atoms with Gasteiger partial charge in [-0.05, 0) is 50.1 Å². The van der Waals surface area contributed by atoms with Crippen LogP contribution in [0.25, 0.3) is 0 Å². The maximum atomic E-state index is 13.3. The lowest BCUT2D eigenvalue weighted by molar-refractivity contribution is -0.139. The largest absolute Gasteiger partial charge is 0.355 e. The molecule has 1 atom stereocenters. The molecule has 7 nitrogen and oxygen atoms in total. The fourth-order valence-electron chi connectivity index (χ4n) is 3.11. The number of rotatable bonds is 9. The van der Waals surface area contributed by atoms with Crippen molar-refractivity contribution in [3.05, 3.63) is 64.7 Å². The number of carbonyl (C=O) groups excluding carboxylic acids is 2. The highest BCUT2D eigenvalue weighted by Gasteiger charge is 2.30. The van der Waals surface area contributed by atoms with E-state index >= 15 is 0 Å². The number of anilines is 1. The van der Waals surface area contributed by atoms with Gasteiger partial charge in [0.1, 0.15) is 12.6 Å². The molecule has 2 aromatic carbocycles. The van der Waals surface area contributed by atoms with Crippen LogP contribution in [0, 0.1) is 6.92 Å². The van der Waals surface area contributed by atoms with E-state index in [1.165, 1.54) is 4.90 Å². The average molecular weight is 466 g/mol. The van der Waals surface area contributed by atoms with Gasteiger partial charge < -0.3 is 10.2 Å². The van der Waals surface area contributed by atoms with Crippen molar-refractivity contribution in [3.63, 3.8) is 0 Å². The number of nitrogens with one attached hydrogen (secondary N) is 1. The van der Waals surface area contributed by atoms with Gasteiger partial charge in [0.25, 0.3) is 0 Å². The molecule has 0 saturated heterocycles. The van der Waals surface area contributed by atoms with Gasteiger partial charge in [-0.1, -0.05) is 41.9 Å². The summed E-state index contributed by atoms with van der Waals surface area (Å²) in [6, 6.07) is 13.1. The zero-order valence-electron chi connectivity index (χ0n) is 18.1. The number of sulfonamides is 1. The number of nitrogens with zero attached hydrogens (tertiary/aromatic N) is 2. The first-order chi connectivity index (χ1) is 14.5. The van der Waals surface area contributed by atoms with Crippen LogP contribution in [0.15, 0.2) is 48.5 Å². The Kier molecular flexibility index (Phi) is 8.47. The molecule has 0 fully saturated rings. The Bertz CT molecular complexity index is 1040. The highest BCUT2D eigenvalue weighted by molar-refractivity contribution is 7.92. The van der Waals surface area contributed by atoms with Crippen molar-refractivity contribution in [2.45, 2.75) is 33.4 Å². The summed E-state index contributed by atoms with van der Waals surface area (Å²) in [5.74, 6) is -0.838. The third kappa shape index (κ3) is 6.70. The molecule has 0 heterocycles. The van der Waals surface area contributed by atoms with Gasteiger partial charge in [0.15, 0.2) is 0 Å². The van der Waals surface area contributed by atoms with Crippen LogP contribution in [0.2, 0.25) is 5.02 Å². The zero-order valence-corrected chi connectivity index (χ0v) is 19.7. The first-order valence-electron chi connectivity index (χ1n) is 9.89. The second-order valence-corrected chi connectivity index (χ2v) is 9.61. The maximum absolute atomic E-state index is 13.3. The molecule has 1 N–H and O–H groups in total. The number of amides is 2. The Morgan fingerprint density at radius 2 is 1.81 bits per heavy atom. The van der Waals surface area contributed by atoms with E-state index in [1.54, 1.807) is 56.3 Å². The molecule has 0 aromatic heterocycles. The molecular formula is C22H28ClN3O4S. The molecule has 9 heteroatoms. The van der Waals surface area contributed by atoms with E-state index in [9.17, 15) is 18.0 Å². The maximum Gasteiger partial charge on any atom is 0.244 e. The summed E-state index contributed by atoms with van der Waals surface area (Å²) in [7, 11) is -3.74. The second-order valence-electron chi connectivity index (χ2n) is 7.29. The monoisotopic (exact) mass is 465 g/mol. The molecule has 0 spiro atoms. The topological polar surface area (TPSA) is 86.8 Å². The van der Waals surface area contributed by atoms with Crippen molar-refractivity contribution in [2.24, 2.45) is 0 Å². The van der Waals surface area contributed by atoms with Crippen LogP contribution in [-0.2, 0) is 26.2 Å². The van der Waals surface area contributed by atoms with E-state index in [4.69, 9.17) is 11.6 Å². The zero-order chi connectivity index (χ0) is 23.2. The van der Waals surface area contributed by atoms with Crippen LogP contribution in [-0.4, -0.2) is 50.5 Å². The van der Waals surface area contributed by atoms with Crippen molar-refractivity contribution in [1.82, 2.24) is 10.2 Å². The van der Waals surface area contributed by atoms with Gasteiger partial charge in [0.05, 0.1) is 11.9 Å². The number of hydrogen-bond donors (Lipinski definition) is 1. The molecule has 2 rings (SSSR count). The van der Waals surface area contributed by atoms with Crippen molar-refractivity contribution >= 4 is 39.1 Å². The third-order valence-electron chi connectivity index (χ3n) is 4.79. The minimum Gasteiger partial charge on any atom is -0.355 e. The van der Waals surface area contributed by atoms with Gasteiger partial charge in [0, 0.05) is 18.1 Å². The molecule has 0 radical (unpaired) electrons. The van der Waals surface area contributed by atoms with E-state index in [-0.39, 0.29) is 12.5 Å². The third-order valence-corrected chi connectivity index (χ3v) is 6.29. The highest BCUT2D eigenvalue weighted by Crippen LogP contribution is 2.22. The minimum atomic E-state index is -3.74. The number of hydrogen-bond acceptors (Lipinski definition) is 4. The highest BCUT2D eigenvalue weighted by atomic mass is 35.5. The molecule has 168 valence electrons. The normalized spacial score (nSPS) is 12.2. The summed E-state index contributed by atoms with van der Waals surface area (Å²) in [6.45, 7) is 5.28. The average Bonchev–Trinajstić information content (AvgIpc) is 2.70. The van der Waals surface area contributed by atoms with E-state index in [1.807, 2.05) is 13.0 Å². The molecule has 2 amide bonds. The van der Waals surface area contributed by atoms with Crippen LogP contribution in [0.5, 0.6) is 0 Å². The summed E-state index contributed by atoms with van der Waals surface area (Å²) in [6.07, 6.45) is 1.05. The predicted octanol–water partition coefficient (Wildman–Crippen LogP) is 2.97. The molecule has 2 aromatic rings. The lowest BCUT2D eigenvalue weighted by Gasteiger charge is -2.31. The van der Waals surface area contributed by atoms with Crippen LogP contribution >= 0.6 is 11.6 Å². The van der Waals surface area contributed by atoms with E-state index in [0.717, 1.165) is 16.1 Å². The SMILES string of the molecule is CCNC(=O)C(C)N(Cc1ccccc1Cl)C(=O)CN(c1cccc(C)c1)S(C)(=O)=O. The lowest BCUT2D eigenvalue weighted by Crippen LogP contribution is -2.51. The van der Waals surface area contributed by atoms with Gasteiger partial charge in [-0.25, -0.2) is 8.42 Å². The fourth-order valence-corrected chi connectivity index (χ4v) is 4.15. The fraction of sp³-hybridized carbons (Fsp3) is 0.364. The summed E-state index contributed by atoms with van der Waals surface area (Å²) in [4.78, 5) is 27.2. The number of likely N-dealkylation sites (N-methyl/N-ethyl adjacent to an activating group) is 1. The van der Waals surface area contributed by atoms with E-state index in [2.05, 4.69) is 5.32 Å². The molecule has 0 aliphatic rings. The molecule has 0 aliphatic heterocycles. The number of benzene rings is 2. The summed E-state index contributed by atoms with van der Waals surface area (Å²) < 4.78 is 26.0. The smallest absolute Gasteiger partial charge is 0.244 e. The van der Waals surface area contributed by atoms with Crippen molar-refractivity contribution < 1.29 is 18.0 Å². The summed E-state index contributed by atoms with van der Waals surface area (Å²) in [5.41, 5.74) is 1.91. The van der Waals surface area contributed by atoms with Crippen molar-refractivity contribution in [2.75, 3.05) is 23.7 Å². The lowest BCUT2D eigenvalue weighted by atomic mass is 10.1. The molecular weight excluding hydrogens is 438 g/mol. The van der Waals surface area contributed by atoms with E-state index in [0.29, 0.717) is 22.8 Å². The second kappa shape index (κ2) is 10.6. The van der Waals surface area contributed by atoms with Gasteiger partial charge in [-0.2, -0.15) is 0 Å². The minimum absolute atomic E-state index is 0.0717. The molecule has 31 heavy (non-hydrogen) atoms. The standard InChI is InChI=1S/C22H28ClN3O4S/c1-5-24-22(28)17(3)25(14-18-10-6-7-12-20(18)23)21(27)15-26(31(4,29)30)19-11-8-9-16(2)13-19/h6-13,17H,5,14-15H2,1-4H3,(H,24,28). The van der Waals surface area contributed by atoms with Gasteiger partial charge >= 0.3 is 0 Å². The number of carbonyl (C=O) groups is 2. The quantitative estimate of drug-likeness (QED) is 0.616. The molecule has 0 bridgehead atoms. The van der Waals surface area contributed by atoms with Crippen LogP contribution in [0.4, 0.5) is 5.69 Å². The first-order valence-corrected chi connectivity index (χ1v) is 12.1. The van der Waals surface area contributed by atoms with Crippen LogP contribution < -0.4 is 9.62 Å². The Balaban J connectivity index is 2.40. The first kappa shape index (κ1) is 24.7. The predicted molar refractivity (Wildman–Crippen MR) is 124 cm³/mol. The van der Waals surface area contributed by atoms with Gasteiger partial charge in [0.2, 0.25) is 21.8 Å². The Morgan fingerprint density at radius 1 is 1.13 bits per heavy atom. The summed E-state index contributed by atoms with van der Waals surface area (Å²) in [5, 5.41) is 3.17. The number of aryl methyl sites for hydroxylation is 1. The van der Waals surface area contributed by atoms with Crippen LogP contribution in [0.1, 0.15) is 25.0 Å². The molecule has 0 aliphatic carbocycles. The van der Waals surface area contributed by atoms with E-state index < -0.39 is 28.5 Å². The Labute approximate surface area is 189 Å². The van der Waals surface area contributed by atoms with Gasteiger partial charge in [-0.15, -0.1) is 0 Å². The molecule has 1 unspecified atom stereocenters. The Hall–Kier alpha value is -2.58. The summed E-state index contributed by atoms with van der Waals surface area (Å²) >= 11 is 6.27. The van der Waals surface area contributed by atoms with Crippen molar-refractivity contribution in [1.29, 1.82) is 0 Å².